The molecule has 0 rings (SSSR count). The van der Waals surface area contributed by atoms with Crippen LogP contribution in [0.1, 0.15) is 374 Å². The van der Waals surface area contributed by atoms with E-state index in [4.69, 9.17) is 14.2 Å². The molecule has 0 saturated carbocycles. The van der Waals surface area contributed by atoms with Crippen LogP contribution in [0, 0.1) is 0 Å². The first kappa shape index (κ1) is 70.1. The summed E-state index contributed by atoms with van der Waals surface area (Å²) in [5.74, 6) is -0.839. The molecule has 0 aromatic carbocycles. The molecule has 1 unspecified atom stereocenters. The molecular weight excluding hydrogens is 889 g/mol. The van der Waals surface area contributed by atoms with Crippen molar-refractivity contribution >= 4 is 17.9 Å². The number of rotatable bonds is 61. The molecule has 0 radical (unpaired) electrons. The topological polar surface area (TPSA) is 78.9 Å². The lowest BCUT2D eigenvalue weighted by atomic mass is 10.0. The maximum atomic E-state index is 12.9. The van der Waals surface area contributed by atoms with E-state index in [2.05, 4.69) is 32.9 Å². The minimum Gasteiger partial charge on any atom is -0.462 e. The summed E-state index contributed by atoms with van der Waals surface area (Å²) in [7, 11) is 0. The van der Waals surface area contributed by atoms with Crippen LogP contribution in [0.15, 0.2) is 12.2 Å². The molecule has 426 valence electrons. The molecule has 0 aromatic rings. The summed E-state index contributed by atoms with van der Waals surface area (Å²) in [5.41, 5.74) is 0. The van der Waals surface area contributed by atoms with E-state index >= 15 is 0 Å². The van der Waals surface area contributed by atoms with Gasteiger partial charge in [0.05, 0.1) is 0 Å². The van der Waals surface area contributed by atoms with Gasteiger partial charge in [0.2, 0.25) is 0 Å². The third-order valence-corrected chi connectivity index (χ3v) is 15.0. The monoisotopic (exact) mass is 1010 g/mol. The van der Waals surface area contributed by atoms with Gasteiger partial charge in [-0.25, -0.2) is 0 Å². The van der Waals surface area contributed by atoms with Crippen LogP contribution in [0.2, 0.25) is 0 Å². The molecular formula is C66H126O6. The van der Waals surface area contributed by atoms with Crippen molar-refractivity contribution in [1.82, 2.24) is 0 Å². The minimum absolute atomic E-state index is 0.0652. The van der Waals surface area contributed by atoms with Gasteiger partial charge in [0.25, 0.3) is 0 Å². The van der Waals surface area contributed by atoms with E-state index in [9.17, 15) is 14.4 Å². The molecule has 0 saturated heterocycles. The number of hydrogen-bond acceptors (Lipinski definition) is 6. The molecule has 0 fully saturated rings. The molecule has 1 atom stereocenters. The van der Waals surface area contributed by atoms with Gasteiger partial charge >= 0.3 is 17.9 Å². The summed E-state index contributed by atoms with van der Waals surface area (Å²) in [6, 6.07) is 0. The van der Waals surface area contributed by atoms with Crippen molar-refractivity contribution < 1.29 is 28.6 Å². The van der Waals surface area contributed by atoms with Crippen LogP contribution < -0.4 is 0 Å². The lowest BCUT2D eigenvalue weighted by molar-refractivity contribution is -0.167. The highest BCUT2D eigenvalue weighted by molar-refractivity contribution is 5.71. The van der Waals surface area contributed by atoms with Crippen molar-refractivity contribution in [2.45, 2.75) is 380 Å². The van der Waals surface area contributed by atoms with Crippen molar-refractivity contribution in [2.75, 3.05) is 13.2 Å². The zero-order valence-corrected chi connectivity index (χ0v) is 49.0. The summed E-state index contributed by atoms with van der Waals surface area (Å²) >= 11 is 0. The Balaban J connectivity index is 4.24. The normalized spacial score (nSPS) is 12.0. The van der Waals surface area contributed by atoms with Crippen LogP contribution >= 0.6 is 0 Å². The summed E-state index contributed by atoms with van der Waals surface area (Å²) < 4.78 is 16.9. The Hall–Kier alpha value is -1.85. The van der Waals surface area contributed by atoms with E-state index < -0.39 is 6.10 Å². The third-order valence-electron chi connectivity index (χ3n) is 15.0. The van der Waals surface area contributed by atoms with Gasteiger partial charge in [-0.2, -0.15) is 0 Å². The van der Waals surface area contributed by atoms with E-state index in [1.165, 1.54) is 276 Å². The maximum absolute atomic E-state index is 12.9. The van der Waals surface area contributed by atoms with Gasteiger partial charge in [0, 0.05) is 19.3 Å². The number of carbonyl (C=O) groups is 3. The van der Waals surface area contributed by atoms with Crippen LogP contribution in [-0.4, -0.2) is 37.2 Å². The third kappa shape index (κ3) is 59.0. The molecule has 0 spiro atoms. The van der Waals surface area contributed by atoms with Crippen molar-refractivity contribution in [1.29, 1.82) is 0 Å². The fourth-order valence-corrected chi connectivity index (χ4v) is 10.1. The first-order valence-electron chi connectivity index (χ1n) is 32.7. The summed E-state index contributed by atoms with van der Waals surface area (Å²) in [4.78, 5) is 38.3. The van der Waals surface area contributed by atoms with E-state index in [0.29, 0.717) is 19.3 Å². The molecule has 0 N–H and O–H groups in total. The maximum Gasteiger partial charge on any atom is 0.306 e. The molecule has 0 aromatic heterocycles. The first-order valence-corrected chi connectivity index (χ1v) is 32.7. The molecule has 0 aliphatic rings. The molecule has 0 amide bonds. The van der Waals surface area contributed by atoms with E-state index in [1.807, 2.05) is 0 Å². The Morgan fingerprint density at radius 2 is 0.458 bits per heavy atom. The van der Waals surface area contributed by atoms with Crippen LogP contribution in [0.5, 0.6) is 0 Å². The fourth-order valence-electron chi connectivity index (χ4n) is 10.1. The second-order valence-electron chi connectivity index (χ2n) is 22.4. The van der Waals surface area contributed by atoms with Crippen molar-refractivity contribution in [3.8, 4) is 0 Å². The average molecular weight is 1020 g/mol. The standard InChI is InChI=1S/C66H126O6/c1-4-7-10-13-16-19-22-25-27-29-31-32-33-34-35-37-38-41-44-47-50-53-56-59-65(68)71-62-63(61-70-64(67)58-55-52-49-46-43-40-24-21-18-15-12-9-6-3)72-66(69)60-57-54-51-48-45-42-39-36-30-28-26-23-20-17-14-11-8-5-2/h28,30,63H,4-27,29,31-62H2,1-3H3/b30-28-. The number of allylic oxidation sites excluding steroid dienone is 2. The molecule has 6 heteroatoms. The van der Waals surface area contributed by atoms with Crippen LogP contribution in [0.3, 0.4) is 0 Å². The van der Waals surface area contributed by atoms with Crippen LogP contribution in [0.4, 0.5) is 0 Å². The molecule has 0 aliphatic carbocycles. The largest absolute Gasteiger partial charge is 0.462 e. The number of carbonyl (C=O) groups excluding carboxylic acids is 3. The molecule has 0 heterocycles. The average Bonchev–Trinajstić information content (AvgIpc) is 3.38. The SMILES string of the molecule is CCCCCCCCC/C=C\CCCCCCCCCC(=O)OC(COC(=O)CCCCCCCCCCCCCCC)COC(=O)CCCCCCCCCCCCCCCCCCCCCCCCC. The quantitative estimate of drug-likeness (QED) is 0.0261. The predicted molar refractivity (Wildman–Crippen MR) is 312 cm³/mol. The highest BCUT2D eigenvalue weighted by atomic mass is 16.6. The Morgan fingerprint density at radius 3 is 0.694 bits per heavy atom. The van der Waals surface area contributed by atoms with Gasteiger partial charge in [-0.1, -0.05) is 322 Å². The minimum atomic E-state index is -0.768. The lowest BCUT2D eigenvalue weighted by Crippen LogP contribution is -2.30. The van der Waals surface area contributed by atoms with Gasteiger partial charge < -0.3 is 14.2 Å². The molecule has 0 bridgehead atoms. The Kier molecular flexibility index (Phi) is 60.1. The van der Waals surface area contributed by atoms with Gasteiger partial charge in [-0.05, 0) is 44.9 Å². The van der Waals surface area contributed by atoms with E-state index in [1.54, 1.807) is 0 Å². The number of unbranched alkanes of at least 4 members (excludes halogenated alkanes) is 48. The highest BCUT2D eigenvalue weighted by Gasteiger charge is 2.19. The second kappa shape index (κ2) is 61.7. The van der Waals surface area contributed by atoms with E-state index in [-0.39, 0.29) is 31.1 Å². The predicted octanol–water partition coefficient (Wildman–Crippen LogP) is 22.1. The summed E-state index contributed by atoms with van der Waals surface area (Å²) in [6.07, 6.45) is 72.2. The second-order valence-corrected chi connectivity index (χ2v) is 22.4. The summed E-state index contributed by atoms with van der Waals surface area (Å²) in [5, 5.41) is 0. The Morgan fingerprint density at radius 1 is 0.264 bits per heavy atom. The molecule has 0 aliphatic heterocycles. The zero-order valence-electron chi connectivity index (χ0n) is 49.0. The highest BCUT2D eigenvalue weighted by Crippen LogP contribution is 2.18. The number of esters is 3. The van der Waals surface area contributed by atoms with Crippen molar-refractivity contribution in [3.63, 3.8) is 0 Å². The smallest absolute Gasteiger partial charge is 0.306 e. The van der Waals surface area contributed by atoms with Crippen LogP contribution in [-0.2, 0) is 28.6 Å². The van der Waals surface area contributed by atoms with Crippen molar-refractivity contribution in [3.05, 3.63) is 12.2 Å². The fraction of sp³-hybridized carbons (Fsp3) is 0.924. The number of hydrogen-bond donors (Lipinski definition) is 0. The zero-order chi connectivity index (χ0) is 52.2. The van der Waals surface area contributed by atoms with Crippen LogP contribution in [0.25, 0.3) is 0 Å². The lowest BCUT2D eigenvalue weighted by Gasteiger charge is -2.18. The number of ether oxygens (including phenoxy) is 3. The first-order chi connectivity index (χ1) is 35.5. The molecule has 72 heavy (non-hydrogen) atoms. The van der Waals surface area contributed by atoms with E-state index in [0.717, 1.165) is 57.8 Å². The van der Waals surface area contributed by atoms with Gasteiger partial charge in [0.15, 0.2) is 6.10 Å². The van der Waals surface area contributed by atoms with Gasteiger partial charge in [-0.3, -0.25) is 14.4 Å². The Bertz CT molecular complexity index is 1120. The van der Waals surface area contributed by atoms with Gasteiger partial charge in [0.1, 0.15) is 13.2 Å². The van der Waals surface area contributed by atoms with Gasteiger partial charge in [-0.15, -0.1) is 0 Å². The summed E-state index contributed by atoms with van der Waals surface area (Å²) in [6.45, 7) is 6.71. The molecule has 6 nitrogen and oxygen atoms in total. The Labute approximate surface area is 450 Å². The van der Waals surface area contributed by atoms with Crippen molar-refractivity contribution in [2.24, 2.45) is 0 Å².